The Labute approximate surface area is 99.2 Å². The average Bonchev–Trinajstić information content (AvgIpc) is 2.20. The molecular weight excluding hydrogens is 196 g/mol. The van der Waals surface area contributed by atoms with Crippen LogP contribution in [0.25, 0.3) is 0 Å². The summed E-state index contributed by atoms with van der Waals surface area (Å²) in [6, 6.07) is 5.01. The molecule has 0 aromatic heterocycles. The maximum atomic E-state index is 6.20. The largest absolute Gasteiger partial charge is 0.323 e. The third-order valence-corrected chi connectivity index (χ3v) is 3.03. The third-order valence-electron chi connectivity index (χ3n) is 3.03. The van der Waals surface area contributed by atoms with Gasteiger partial charge in [0.15, 0.2) is 0 Å². The Morgan fingerprint density at radius 3 is 2.19 bits per heavy atom. The average molecular weight is 220 g/mol. The zero-order valence-corrected chi connectivity index (χ0v) is 11.1. The summed E-state index contributed by atoms with van der Waals surface area (Å²) in [4.78, 5) is 0. The van der Waals surface area contributed by atoms with E-state index in [0.29, 0.717) is 6.04 Å². The Balaban J connectivity index is 2.82. The second kappa shape index (κ2) is 5.46. The van der Waals surface area contributed by atoms with Crippen molar-refractivity contribution in [1.82, 2.24) is 5.32 Å². The van der Waals surface area contributed by atoms with Crippen LogP contribution in [0.3, 0.4) is 0 Å². The van der Waals surface area contributed by atoms with Gasteiger partial charge in [0, 0.05) is 18.6 Å². The molecule has 0 bridgehead atoms. The van der Waals surface area contributed by atoms with Gasteiger partial charge in [-0.1, -0.05) is 26.0 Å². The molecule has 0 saturated carbocycles. The number of hydrogen-bond acceptors (Lipinski definition) is 2. The van der Waals surface area contributed by atoms with Crippen LogP contribution in [0, 0.1) is 20.8 Å². The Hall–Kier alpha value is -0.860. The van der Waals surface area contributed by atoms with Crippen LogP contribution in [-0.4, -0.2) is 12.6 Å². The van der Waals surface area contributed by atoms with Gasteiger partial charge in [0.05, 0.1) is 0 Å². The van der Waals surface area contributed by atoms with Gasteiger partial charge >= 0.3 is 0 Å². The van der Waals surface area contributed by atoms with Gasteiger partial charge in [-0.25, -0.2) is 0 Å². The first-order valence-electron chi connectivity index (χ1n) is 5.98. The highest BCUT2D eigenvalue weighted by Crippen LogP contribution is 2.20. The van der Waals surface area contributed by atoms with Gasteiger partial charge < -0.3 is 11.1 Å². The molecule has 3 N–H and O–H groups in total. The quantitative estimate of drug-likeness (QED) is 0.818. The van der Waals surface area contributed by atoms with E-state index in [2.05, 4.69) is 52.1 Å². The lowest BCUT2D eigenvalue weighted by atomic mass is 9.96. The minimum atomic E-state index is 0.0849. The van der Waals surface area contributed by atoms with E-state index < -0.39 is 0 Å². The molecule has 0 aliphatic rings. The molecule has 16 heavy (non-hydrogen) atoms. The van der Waals surface area contributed by atoms with E-state index in [9.17, 15) is 0 Å². The summed E-state index contributed by atoms with van der Waals surface area (Å²) in [5.41, 5.74) is 11.4. The lowest BCUT2D eigenvalue weighted by Gasteiger charge is -2.18. The second-order valence-electron chi connectivity index (χ2n) is 4.96. The third kappa shape index (κ3) is 3.32. The first-order valence-corrected chi connectivity index (χ1v) is 5.98. The highest BCUT2D eigenvalue weighted by Gasteiger charge is 2.10. The van der Waals surface area contributed by atoms with Crippen LogP contribution < -0.4 is 11.1 Å². The summed E-state index contributed by atoms with van der Waals surface area (Å²) in [6.07, 6.45) is 0. The molecule has 90 valence electrons. The molecule has 1 atom stereocenters. The van der Waals surface area contributed by atoms with E-state index in [-0.39, 0.29) is 6.04 Å². The number of hydrogen-bond donors (Lipinski definition) is 2. The number of nitrogens with one attached hydrogen (secondary N) is 1. The predicted molar refractivity (Wildman–Crippen MR) is 70.7 cm³/mol. The Bertz CT molecular complexity index is 356. The Morgan fingerprint density at radius 2 is 1.62 bits per heavy atom. The Morgan fingerprint density at radius 1 is 1.06 bits per heavy atom. The van der Waals surface area contributed by atoms with Crippen LogP contribution >= 0.6 is 0 Å². The van der Waals surface area contributed by atoms with Crippen molar-refractivity contribution in [1.29, 1.82) is 0 Å². The van der Waals surface area contributed by atoms with Crippen molar-refractivity contribution in [3.05, 3.63) is 34.4 Å². The molecule has 1 aromatic carbocycles. The summed E-state index contributed by atoms with van der Waals surface area (Å²) in [5, 5.41) is 3.38. The van der Waals surface area contributed by atoms with Gasteiger partial charge in [0.1, 0.15) is 0 Å². The van der Waals surface area contributed by atoms with Crippen molar-refractivity contribution < 1.29 is 0 Å². The number of benzene rings is 1. The predicted octanol–water partition coefficient (Wildman–Crippen LogP) is 2.61. The molecule has 1 rings (SSSR count). The fourth-order valence-electron chi connectivity index (χ4n) is 1.85. The van der Waals surface area contributed by atoms with Gasteiger partial charge in [-0.2, -0.15) is 0 Å². The Kier molecular flexibility index (Phi) is 4.51. The molecule has 2 heteroatoms. The van der Waals surface area contributed by atoms with Crippen molar-refractivity contribution in [3.8, 4) is 0 Å². The van der Waals surface area contributed by atoms with Crippen molar-refractivity contribution in [3.63, 3.8) is 0 Å². The monoisotopic (exact) mass is 220 g/mol. The van der Waals surface area contributed by atoms with E-state index in [1.54, 1.807) is 0 Å². The smallest absolute Gasteiger partial charge is 0.0424 e. The van der Waals surface area contributed by atoms with E-state index in [1.165, 1.54) is 22.3 Å². The van der Waals surface area contributed by atoms with Gasteiger partial charge in [-0.15, -0.1) is 0 Å². The molecule has 0 amide bonds. The first-order chi connectivity index (χ1) is 7.41. The molecule has 0 heterocycles. The lowest BCUT2D eigenvalue weighted by Crippen LogP contribution is -2.32. The highest BCUT2D eigenvalue weighted by molar-refractivity contribution is 5.38. The van der Waals surface area contributed by atoms with Crippen LogP contribution in [0.5, 0.6) is 0 Å². The van der Waals surface area contributed by atoms with E-state index in [4.69, 9.17) is 5.73 Å². The van der Waals surface area contributed by atoms with Crippen molar-refractivity contribution in [2.45, 2.75) is 46.7 Å². The molecule has 0 aliphatic carbocycles. The summed E-state index contributed by atoms with van der Waals surface area (Å²) >= 11 is 0. The van der Waals surface area contributed by atoms with Crippen LogP contribution in [-0.2, 0) is 0 Å². The van der Waals surface area contributed by atoms with Crippen LogP contribution in [0.2, 0.25) is 0 Å². The molecule has 0 aliphatic heterocycles. The molecule has 1 aromatic rings. The number of rotatable bonds is 4. The van der Waals surface area contributed by atoms with Crippen molar-refractivity contribution in [2.24, 2.45) is 5.73 Å². The first kappa shape index (κ1) is 13.2. The van der Waals surface area contributed by atoms with Gasteiger partial charge in [-0.3, -0.25) is 0 Å². The fraction of sp³-hybridized carbons (Fsp3) is 0.571. The van der Waals surface area contributed by atoms with Crippen molar-refractivity contribution >= 4 is 0 Å². The minimum absolute atomic E-state index is 0.0849. The molecule has 0 fully saturated rings. The summed E-state index contributed by atoms with van der Waals surface area (Å²) in [7, 11) is 0. The standard InChI is InChI=1S/C14H24N2/c1-9(2)16-8-14(15)13-7-11(4)10(3)6-12(13)5/h6-7,9,14,16H,8,15H2,1-5H3. The van der Waals surface area contributed by atoms with Gasteiger partial charge in [0.25, 0.3) is 0 Å². The van der Waals surface area contributed by atoms with Crippen molar-refractivity contribution in [2.75, 3.05) is 6.54 Å². The highest BCUT2D eigenvalue weighted by atomic mass is 14.9. The van der Waals surface area contributed by atoms with E-state index >= 15 is 0 Å². The normalized spacial score (nSPS) is 13.2. The van der Waals surface area contributed by atoms with Crippen LogP contribution in [0.15, 0.2) is 12.1 Å². The summed E-state index contributed by atoms with van der Waals surface area (Å²) in [6.45, 7) is 11.5. The topological polar surface area (TPSA) is 38.0 Å². The molecule has 0 saturated heterocycles. The molecule has 1 unspecified atom stereocenters. The van der Waals surface area contributed by atoms with Gasteiger partial charge in [0.2, 0.25) is 0 Å². The fourth-order valence-corrected chi connectivity index (χ4v) is 1.85. The molecule has 0 spiro atoms. The summed E-state index contributed by atoms with van der Waals surface area (Å²) in [5.74, 6) is 0. The zero-order valence-electron chi connectivity index (χ0n) is 11.1. The molecule has 2 nitrogen and oxygen atoms in total. The minimum Gasteiger partial charge on any atom is -0.323 e. The maximum Gasteiger partial charge on any atom is 0.0424 e. The maximum absolute atomic E-state index is 6.20. The SMILES string of the molecule is Cc1cc(C)c(C(N)CNC(C)C)cc1C. The summed E-state index contributed by atoms with van der Waals surface area (Å²) < 4.78 is 0. The van der Waals surface area contributed by atoms with E-state index in [1.807, 2.05) is 0 Å². The second-order valence-corrected chi connectivity index (χ2v) is 4.96. The lowest BCUT2D eigenvalue weighted by molar-refractivity contribution is 0.536. The van der Waals surface area contributed by atoms with E-state index in [0.717, 1.165) is 6.54 Å². The number of nitrogens with two attached hydrogens (primary N) is 1. The van der Waals surface area contributed by atoms with Crippen LogP contribution in [0.1, 0.15) is 42.1 Å². The number of aryl methyl sites for hydroxylation is 3. The zero-order chi connectivity index (χ0) is 12.3. The van der Waals surface area contributed by atoms with Crippen LogP contribution in [0.4, 0.5) is 0 Å². The van der Waals surface area contributed by atoms with Gasteiger partial charge in [-0.05, 0) is 43.0 Å². The molecule has 0 radical (unpaired) electrons. The molecular formula is C14H24N2.